The van der Waals surface area contributed by atoms with Gasteiger partial charge in [0.2, 0.25) is 0 Å². The Morgan fingerprint density at radius 1 is 0.500 bits per heavy atom. The lowest BCUT2D eigenvalue weighted by Gasteiger charge is -2.32. The van der Waals surface area contributed by atoms with Crippen molar-refractivity contribution in [3.63, 3.8) is 0 Å². The highest BCUT2D eigenvalue weighted by molar-refractivity contribution is 6.10. The number of allylic oxidation sites excluding steroid dienone is 1. The Morgan fingerprint density at radius 3 is 1.81 bits per heavy atom. The van der Waals surface area contributed by atoms with Crippen LogP contribution in [0.4, 0.5) is 11.4 Å². The van der Waals surface area contributed by atoms with Crippen LogP contribution in [0.1, 0.15) is 149 Å². The fourth-order valence-electron chi connectivity index (χ4n) is 10.3. The van der Waals surface area contributed by atoms with Crippen LogP contribution in [0.15, 0.2) is 158 Å². The Balaban J connectivity index is 1.22. The Hall–Kier alpha value is -6.59. The van der Waals surface area contributed by atoms with E-state index < -0.39 is 0 Å². The van der Waals surface area contributed by atoms with E-state index >= 15 is 0 Å². The number of pyridine rings is 1. The number of ether oxygens (including phenoxy) is 1. The predicted octanol–water partition coefficient (Wildman–Crippen LogP) is 18.0. The van der Waals surface area contributed by atoms with Crippen LogP contribution in [0.25, 0.3) is 38.8 Å². The van der Waals surface area contributed by atoms with Crippen LogP contribution in [0.2, 0.25) is 0 Å². The summed E-state index contributed by atoms with van der Waals surface area (Å²) in [5.74, 6) is 3.12. The first-order valence-corrected chi connectivity index (χ1v) is 25.4. The van der Waals surface area contributed by atoms with Gasteiger partial charge < -0.3 is 14.5 Å². The summed E-state index contributed by atoms with van der Waals surface area (Å²) in [5, 5.41) is 2.35. The quantitative estimate of drug-likeness (QED) is 0.137. The SMILES string of the molecule is CC(C)c1cccc(C(C)C)c1-c1cc(Oc2ccc3c4cc(C(C)(C)c5ccccc5)ccc4n(-c4cc(C(C)(C)C)ccn4)c3c2)cc(N2C=C(C(C)(C)C)N(c3cccc(C(C)(C)C)c3)C2)c1. The molecule has 0 saturated carbocycles. The Labute approximate surface area is 418 Å². The lowest BCUT2D eigenvalue weighted by atomic mass is 9.78. The van der Waals surface area contributed by atoms with Gasteiger partial charge in [0.15, 0.2) is 0 Å². The van der Waals surface area contributed by atoms with Crippen LogP contribution < -0.4 is 14.5 Å². The number of benzene rings is 6. The molecule has 0 bridgehead atoms. The minimum absolute atomic E-state index is 0.0338. The van der Waals surface area contributed by atoms with E-state index in [1.807, 2.05) is 6.20 Å². The zero-order chi connectivity index (χ0) is 50.1. The van der Waals surface area contributed by atoms with Crippen molar-refractivity contribution in [3.05, 3.63) is 191 Å². The summed E-state index contributed by atoms with van der Waals surface area (Å²) in [6, 6.07) is 51.6. The molecule has 70 heavy (non-hydrogen) atoms. The average molecular weight is 927 g/mol. The second kappa shape index (κ2) is 18.0. The molecule has 9 rings (SSSR count). The summed E-state index contributed by atoms with van der Waals surface area (Å²) in [7, 11) is 0. The molecule has 5 nitrogen and oxygen atoms in total. The number of fused-ring (bicyclic) bond motifs is 3. The molecule has 3 heterocycles. The topological polar surface area (TPSA) is 33.5 Å². The van der Waals surface area contributed by atoms with Crippen molar-refractivity contribution in [1.82, 2.24) is 9.55 Å². The molecule has 2 aromatic heterocycles. The molecule has 0 unspecified atom stereocenters. The van der Waals surface area contributed by atoms with E-state index in [9.17, 15) is 0 Å². The summed E-state index contributed by atoms with van der Waals surface area (Å²) in [6.45, 7) is 35.1. The van der Waals surface area contributed by atoms with E-state index in [-0.39, 0.29) is 21.7 Å². The zero-order valence-electron chi connectivity index (χ0n) is 44.5. The lowest BCUT2D eigenvalue weighted by molar-refractivity contribution is 0.483. The number of hydrogen-bond acceptors (Lipinski definition) is 4. The van der Waals surface area contributed by atoms with Gasteiger partial charge in [0.05, 0.1) is 17.7 Å². The second-order valence-corrected chi connectivity index (χ2v) is 23.9. The lowest BCUT2D eigenvalue weighted by Crippen LogP contribution is -2.30. The summed E-state index contributed by atoms with van der Waals surface area (Å²) >= 11 is 0. The summed E-state index contributed by atoms with van der Waals surface area (Å²) in [4.78, 5) is 9.95. The third kappa shape index (κ3) is 9.28. The van der Waals surface area contributed by atoms with E-state index in [1.54, 1.807) is 0 Å². The van der Waals surface area contributed by atoms with Crippen molar-refractivity contribution < 1.29 is 4.74 Å². The van der Waals surface area contributed by atoms with Gasteiger partial charge in [-0.3, -0.25) is 4.57 Å². The fraction of sp³-hybridized carbons (Fsp3) is 0.338. The molecular formula is C65H74N4O. The van der Waals surface area contributed by atoms with Crippen LogP contribution in [0, 0.1) is 5.41 Å². The highest BCUT2D eigenvalue weighted by atomic mass is 16.5. The highest BCUT2D eigenvalue weighted by Gasteiger charge is 2.33. The molecule has 0 atom stereocenters. The van der Waals surface area contributed by atoms with Crippen LogP contribution in [-0.4, -0.2) is 16.2 Å². The van der Waals surface area contributed by atoms with Crippen molar-refractivity contribution >= 4 is 33.2 Å². The minimum Gasteiger partial charge on any atom is -0.457 e. The largest absolute Gasteiger partial charge is 0.457 e. The number of anilines is 2. The Morgan fingerprint density at radius 2 is 1.16 bits per heavy atom. The van der Waals surface area contributed by atoms with Crippen LogP contribution >= 0.6 is 0 Å². The van der Waals surface area contributed by atoms with Gasteiger partial charge >= 0.3 is 0 Å². The first-order chi connectivity index (χ1) is 33.0. The van der Waals surface area contributed by atoms with Crippen molar-refractivity contribution in [1.29, 1.82) is 0 Å². The maximum Gasteiger partial charge on any atom is 0.137 e. The second-order valence-electron chi connectivity index (χ2n) is 23.9. The molecule has 8 aromatic rings. The number of aromatic nitrogens is 2. The minimum atomic E-state index is -0.199. The molecule has 5 heteroatoms. The highest BCUT2D eigenvalue weighted by Crippen LogP contribution is 2.45. The smallest absolute Gasteiger partial charge is 0.137 e. The van der Waals surface area contributed by atoms with Gasteiger partial charge in [-0.1, -0.05) is 171 Å². The molecule has 0 fully saturated rings. The third-order valence-corrected chi connectivity index (χ3v) is 14.6. The van der Waals surface area contributed by atoms with Crippen molar-refractivity contribution in [2.24, 2.45) is 5.41 Å². The maximum atomic E-state index is 7.21. The van der Waals surface area contributed by atoms with E-state index in [2.05, 4.69) is 264 Å². The summed E-state index contributed by atoms with van der Waals surface area (Å²) < 4.78 is 9.54. The average Bonchev–Trinajstić information content (AvgIpc) is 3.92. The molecular weight excluding hydrogens is 853 g/mol. The Kier molecular flexibility index (Phi) is 12.4. The van der Waals surface area contributed by atoms with Gasteiger partial charge in [0, 0.05) is 63.2 Å². The van der Waals surface area contributed by atoms with Gasteiger partial charge in [-0.2, -0.15) is 0 Å². The van der Waals surface area contributed by atoms with Gasteiger partial charge in [0.25, 0.3) is 0 Å². The maximum absolute atomic E-state index is 7.21. The summed E-state index contributed by atoms with van der Waals surface area (Å²) in [5.41, 5.74) is 15.7. The molecule has 0 amide bonds. The molecule has 0 spiro atoms. The molecule has 0 radical (unpaired) electrons. The molecule has 6 aromatic carbocycles. The standard InChI is InChI=1S/C65H74N4O/c1-42(2)53-25-20-26-54(43(3)4)61(53)44-33-50(67-40-59(64(11,12)13)68(41-67)49-24-19-23-46(35-49)62(5,6)7)38-52(34-44)70-51-28-29-55-56-36-48(65(14,15)45-21-17-16-18-22-45)27-30-57(56)69(58(55)39-51)60-37-47(31-32-66-60)63(8,9)10/h16-40,42-43H,41H2,1-15H3. The van der Waals surface area contributed by atoms with Crippen LogP contribution in [0.3, 0.4) is 0 Å². The monoisotopic (exact) mass is 927 g/mol. The van der Waals surface area contributed by atoms with E-state index in [4.69, 9.17) is 9.72 Å². The van der Waals surface area contributed by atoms with Crippen LogP contribution in [-0.2, 0) is 16.2 Å². The van der Waals surface area contributed by atoms with Crippen molar-refractivity contribution in [2.45, 2.75) is 132 Å². The molecule has 0 N–H and O–H groups in total. The van der Waals surface area contributed by atoms with Gasteiger partial charge in [0.1, 0.15) is 17.3 Å². The molecule has 1 aliphatic heterocycles. The van der Waals surface area contributed by atoms with Gasteiger partial charge in [-0.25, -0.2) is 4.98 Å². The molecule has 1 aliphatic rings. The van der Waals surface area contributed by atoms with Crippen molar-refractivity contribution in [2.75, 3.05) is 16.5 Å². The molecule has 0 aliphatic carbocycles. The normalized spacial score (nSPS) is 13.9. The first kappa shape index (κ1) is 48.4. The molecule has 360 valence electrons. The number of nitrogens with zero attached hydrogens (tertiary/aromatic N) is 4. The van der Waals surface area contributed by atoms with E-state index in [0.717, 1.165) is 45.0 Å². The number of hydrogen-bond donors (Lipinski definition) is 0. The van der Waals surface area contributed by atoms with Crippen LogP contribution in [0.5, 0.6) is 11.5 Å². The zero-order valence-corrected chi connectivity index (χ0v) is 44.5. The summed E-state index contributed by atoms with van der Waals surface area (Å²) in [6.07, 6.45) is 4.31. The number of rotatable bonds is 10. The van der Waals surface area contributed by atoms with E-state index in [1.165, 1.54) is 55.7 Å². The molecule has 0 saturated heterocycles. The van der Waals surface area contributed by atoms with Crippen molar-refractivity contribution in [3.8, 4) is 28.4 Å². The first-order valence-electron chi connectivity index (χ1n) is 25.4. The fourth-order valence-corrected chi connectivity index (χ4v) is 10.3. The van der Waals surface area contributed by atoms with E-state index in [0.29, 0.717) is 18.5 Å². The Bertz CT molecular complexity index is 3230. The predicted molar refractivity (Wildman–Crippen MR) is 298 cm³/mol. The third-order valence-electron chi connectivity index (χ3n) is 14.6. The van der Waals surface area contributed by atoms with Gasteiger partial charge in [-0.15, -0.1) is 0 Å². The van der Waals surface area contributed by atoms with Gasteiger partial charge in [-0.05, 0) is 128 Å².